The molecular weight excluding hydrogens is 214 g/mol. The van der Waals surface area contributed by atoms with Crippen LogP contribution < -0.4 is 5.32 Å². The molecule has 3 nitrogen and oxygen atoms in total. The van der Waals surface area contributed by atoms with Crippen molar-refractivity contribution in [1.29, 1.82) is 0 Å². The van der Waals surface area contributed by atoms with Crippen LogP contribution in [0.5, 0.6) is 0 Å². The zero-order valence-electron chi connectivity index (χ0n) is 10.2. The number of rotatable bonds is 7. The van der Waals surface area contributed by atoms with Crippen LogP contribution in [0.3, 0.4) is 0 Å². The summed E-state index contributed by atoms with van der Waals surface area (Å²) >= 11 is 0. The summed E-state index contributed by atoms with van der Waals surface area (Å²) < 4.78 is 5.10. The Morgan fingerprint density at radius 3 is 2.82 bits per heavy atom. The van der Waals surface area contributed by atoms with Crippen LogP contribution in [0.25, 0.3) is 6.08 Å². The Morgan fingerprint density at radius 1 is 1.35 bits per heavy atom. The molecule has 0 radical (unpaired) electrons. The molecule has 3 heteroatoms. The summed E-state index contributed by atoms with van der Waals surface area (Å²) in [5.74, 6) is 0.0242. The Balaban J connectivity index is 2.15. The minimum Gasteiger partial charge on any atom is -0.381 e. The number of ether oxygens (including phenoxy) is 1. The van der Waals surface area contributed by atoms with Crippen molar-refractivity contribution in [2.45, 2.75) is 13.3 Å². The Kier molecular flexibility index (Phi) is 6.75. The second-order valence-corrected chi connectivity index (χ2v) is 3.56. The third-order valence-corrected chi connectivity index (χ3v) is 2.20. The minimum atomic E-state index is 0.0242. The van der Waals surface area contributed by atoms with E-state index in [2.05, 4.69) is 5.32 Å². The Morgan fingerprint density at radius 2 is 2.12 bits per heavy atom. The molecule has 17 heavy (non-hydrogen) atoms. The van der Waals surface area contributed by atoms with Gasteiger partial charge in [-0.25, -0.2) is 0 Å². The standard InChI is InChI=1S/C14H19NO2/c1-2-17-12-10-14(16)15-11-6-9-13-7-4-3-5-8-13/h3-9H,2,10-12H2,1H3,(H,15,16)/b9-6+. The van der Waals surface area contributed by atoms with Crippen LogP contribution in [0.4, 0.5) is 0 Å². The maximum absolute atomic E-state index is 11.3. The summed E-state index contributed by atoms with van der Waals surface area (Å²) in [5, 5.41) is 2.81. The van der Waals surface area contributed by atoms with Gasteiger partial charge in [-0.05, 0) is 12.5 Å². The van der Waals surface area contributed by atoms with Crippen molar-refractivity contribution < 1.29 is 9.53 Å². The van der Waals surface area contributed by atoms with Crippen molar-refractivity contribution in [2.75, 3.05) is 19.8 Å². The number of nitrogens with one attached hydrogen (secondary N) is 1. The molecule has 92 valence electrons. The van der Waals surface area contributed by atoms with Gasteiger partial charge in [-0.1, -0.05) is 42.5 Å². The summed E-state index contributed by atoms with van der Waals surface area (Å²) in [5.41, 5.74) is 1.14. The number of benzene rings is 1. The SMILES string of the molecule is CCOCCC(=O)NC/C=C/c1ccccc1. The summed E-state index contributed by atoms with van der Waals surface area (Å²) in [7, 11) is 0. The first-order valence-electron chi connectivity index (χ1n) is 5.89. The van der Waals surface area contributed by atoms with Gasteiger partial charge in [0.15, 0.2) is 0 Å². The molecule has 0 spiro atoms. The molecule has 1 rings (SSSR count). The molecule has 0 aromatic heterocycles. The molecule has 0 aliphatic heterocycles. The molecule has 0 saturated heterocycles. The van der Waals surface area contributed by atoms with E-state index in [4.69, 9.17) is 4.74 Å². The van der Waals surface area contributed by atoms with E-state index in [-0.39, 0.29) is 5.91 Å². The lowest BCUT2D eigenvalue weighted by Gasteiger charge is -2.02. The fourth-order valence-electron chi connectivity index (χ4n) is 1.33. The van der Waals surface area contributed by atoms with E-state index < -0.39 is 0 Å². The van der Waals surface area contributed by atoms with Gasteiger partial charge >= 0.3 is 0 Å². The molecule has 1 N–H and O–H groups in total. The predicted molar refractivity (Wildman–Crippen MR) is 69.6 cm³/mol. The van der Waals surface area contributed by atoms with Crippen molar-refractivity contribution in [3.63, 3.8) is 0 Å². The van der Waals surface area contributed by atoms with Crippen molar-refractivity contribution in [3.05, 3.63) is 42.0 Å². The number of carbonyl (C=O) groups excluding carboxylic acids is 1. The highest BCUT2D eigenvalue weighted by molar-refractivity contribution is 5.76. The van der Waals surface area contributed by atoms with Crippen LogP contribution in [0.2, 0.25) is 0 Å². The lowest BCUT2D eigenvalue weighted by atomic mass is 10.2. The highest BCUT2D eigenvalue weighted by Gasteiger charge is 1.97. The van der Waals surface area contributed by atoms with Crippen molar-refractivity contribution in [1.82, 2.24) is 5.32 Å². The zero-order valence-corrected chi connectivity index (χ0v) is 10.2. The Labute approximate surface area is 102 Å². The summed E-state index contributed by atoms with van der Waals surface area (Å²) in [4.78, 5) is 11.3. The van der Waals surface area contributed by atoms with E-state index >= 15 is 0 Å². The van der Waals surface area contributed by atoms with E-state index in [0.717, 1.165) is 5.56 Å². The molecule has 0 saturated carbocycles. The number of hydrogen-bond donors (Lipinski definition) is 1. The third-order valence-electron chi connectivity index (χ3n) is 2.20. The third kappa shape index (κ3) is 6.53. The summed E-state index contributed by atoms with van der Waals surface area (Å²) in [6, 6.07) is 9.99. The lowest BCUT2D eigenvalue weighted by molar-refractivity contribution is -0.121. The van der Waals surface area contributed by atoms with E-state index in [1.165, 1.54) is 0 Å². The number of amides is 1. The molecule has 0 aliphatic rings. The van der Waals surface area contributed by atoms with Gasteiger partial charge < -0.3 is 10.1 Å². The van der Waals surface area contributed by atoms with Gasteiger partial charge in [0.1, 0.15) is 0 Å². The molecule has 1 aromatic carbocycles. The quantitative estimate of drug-likeness (QED) is 0.733. The first kappa shape index (κ1) is 13.5. The molecule has 0 unspecified atom stereocenters. The average molecular weight is 233 g/mol. The average Bonchev–Trinajstić information content (AvgIpc) is 2.36. The predicted octanol–water partition coefficient (Wildman–Crippen LogP) is 2.24. The summed E-state index contributed by atoms with van der Waals surface area (Å²) in [6.45, 7) is 3.62. The molecule has 1 aromatic rings. The maximum atomic E-state index is 11.3. The van der Waals surface area contributed by atoms with Crippen LogP contribution in [0, 0.1) is 0 Å². The Hall–Kier alpha value is -1.61. The van der Waals surface area contributed by atoms with Crippen LogP contribution in [0.15, 0.2) is 36.4 Å². The first-order chi connectivity index (χ1) is 8.33. The zero-order chi connectivity index (χ0) is 12.3. The van der Waals surface area contributed by atoms with Gasteiger partial charge in [0, 0.05) is 19.6 Å². The van der Waals surface area contributed by atoms with Gasteiger partial charge in [-0.15, -0.1) is 0 Å². The number of carbonyl (C=O) groups is 1. The molecule has 1 amide bonds. The maximum Gasteiger partial charge on any atom is 0.222 e. The van der Waals surface area contributed by atoms with Gasteiger partial charge in [0.05, 0.1) is 6.61 Å². The van der Waals surface area contributed by atoms with Gasteiger partial charge in [0.2, 0.25) is 5.91 Å². The molecular formula is C14H19NO2. The van der Waals surface area contributed by atoms with Gasteiger partial charge in [-0.3, -0.25) is 4.79 Å². The van der Waals surface area contributed by atoms with Crippen LogP contribution >= 0.6 is 0 Å². The fourth-order valence-corrected chi connectivity index (χ4v) is 1.33. The molecule has 0 heterocycles. The van der Waals surface area contributed by atoms with Gasteiger partial charge in [0.25, 0.3) is 0 Å². The smallest absolute Gasteiger partial charge is 0.222 e. The first-order valence-corrected chi connectivity index (χ1v) is 5.89. The molecule has 0 aliphatic carbocycles. The van der Waals surface area contributed by atoms with Crippen LogP contribution in [-0.4, -0.2) is 25.7 Å². The highest BCUT2D eigenvalue weighted by Crippen LogP contribution is 1.99. The van der Waals surface area contributed by atoms with Crippen LogP contribution in [0.1, 0.15) is 18.9 Å². The van der Waals surface area contributed by atoms with Crippen molar-refractivity contribution in [3.8, 4) is 0 Å². The van der Waals surface area contributed by atoms with Crippen molar-refractivity contribution >= 4 is 12.0 Å². The fraction of sp³-hybridized carbons (Fsp3) is 0.357. The second kappa shape index (κ2) is 8.53. The van der Waals surface area contributed by atoms with Crippen LogP contribution in [-0.2, 0) is 9.53 Å². The molecule has 0 fully saturated rings. The van der Waals surface area contributed by atoms with Gasteiger partial charge in [-0.2, -0.15) is 0 Å². The topological polar surface area (TPSA) is 38.3 Å². The van der Waals surface area contributed by atoms with E-state index in [0.29, 0.717) is 26.2 Å². The lowest BCUT2D eigenvalue weighted by Crippen LogP contribution is -2.24. The summed E-state index contributed by atoms with van der Waals surface area (Å²) in [6.07, 6.45) is 4.35. The normalized spacial score (nSPS) is 10.6. The van der Waals surface area contributed by atoms with Crippen molar-refractivity contribution in [2.24, 2.45) is 0 Å². The van der Waals surface area contributed by atoms with E-state index in [1.54, 1.807) is 0 Å². The Bertz CT molecular complexity index is 346. The molecule has 0 bridgehead atoms. The largest absolute Gasteiger partial charge is 0.381 e. The highest BCUT2D eigenvalue weighted by atomic mass is 16.5. The minimum absolute atomic E-state index is 0.0242. The molecule has 0 atom stereocenters. The van der Waals surface area contributed by atoms with E-state index in [1.807, 2.05) is 49.4 Å². The second-order valence-electron chi connectivity index (χ2n) is 3.56. The van der Waals surface area contributed by atoms with E-state index in [9.17, 15) is 4.79 Å². The monoisotopic (exact) mass is 233 g/mol. The number of hydrogen-bond acceptors (Lipinski definition) is 2.